The quantitative estimate of drug-likeness (QED) is 0.904. The van der Waals surface area contributed by atoms with E-state index in [-0.39, 0.29) is 12.2 Å². The van der Waals surface area contributed by atoms with Gasteiger partial charge in [0.25, 0.3) is 0 Å². The first-order valence-corrected chi connectivity index (χ1v) is 6.05. The van der Waals surface area contributed by atoms with Crippen molar-refractivity contribution in [2.45, 2.75) is 26.8 Å². The molecule has 0 spiro atoms. The predicted molar refractivity (Wildman–Crippen MR) is 66.5 cm³/mol. The zero-order valence-corrected chi connectivity index (χ0v) is 10.8. The molecule has 0 aliphatic heterocycles. The Balaban J connectivity index is 1.98. The van der Waals surface area contributed by atoms with Crippen LogP contribution in [0.2, 0.25) is 0 Å². The van der Waals surface area contributed by atoms with Gasteiger partial charge in [-0.05, 0) is 24.1 Å². The molecule has 0 saturated heterocycles. The van der Waals surface area contributed by atoms with E-state index in [0.717, 1.165) is 24.6 Å². The van der Waals surface area contributed by atoms with Crippen LogP contribution < -0.4 is 5.32 Å². The number of rotatable bonds is 5. The molecular weight excluding hydrogens is 252 g/mol. The topological polar surface area (TPSA) is 51.0 Å². The van der Waals surface area contributed by atoms with Crippen LogP contribution in [0.25, 0.3) is 0 Å². The molecule has 19 heavy (non-hydrogen) atoms. The van der Waals surface area contributed by atoms with Gasteiger partial charge in [0.15, 0.2) is 5.82 Å². The lowest BCUT2D eigenvalue weighted by molar-refractivity contribution is 0.375. The van der Waals surface area contributed by atoms with E-state index in [1.165, 1.54) is 0 Å². The fourth-order valence-electron chi connectivity index (χ4n) is 1.61. The monoisotopic (exact) mass is 267 g/mol. The van der Waals surface area contributed by atoms with Crippen LogP contribution in [0.4, 0.5) is 14.5 Å². The van der Waals surface area contributed by atoms with Gasteiger partial charge in [-0.25, -0.2) is 8.78 Å². The summed E-state index contributed by atoms with van der Waals surface area (Å²) in [6.45, 7) is 4.26. The average Bonchev–Trinajstić information content (AvgIpc) is 2.77. The number of nitrogens with one attached hydrogen (secondary N) is 1. The van der Waals surface area contributed by atoms with Crippen LogP contribution in [-0.4, -0.2) is 10.1 Å². The van der Waals surface area contributed by atoms with Gasteiger partial charge < -0.3 is 9.84 Å². The maximum Gasteiger partial charge on any atom is 0.245 e. The van der Waals surface area contributed by atoms with E-state index in [1.54, 1.807) is 0 Å². The Labute approximate surface area is 109 Å². The third kappa shape index (κ3) is 3.74. The summed E-state index contributed by atoms with van der Waals surface area (Å²) >= 11 is 0. The molecule has 4 nitrogen and oxygen atoms in total. The van der Waals surface area contributed by atoms with E-state index in [2.05, 4.69) is 29.3 Å². The summed E-state index contributed by atoms with van der Waals surface area (Å²) in [5.41, 5.74) is 0.0728. The normalized spacial score (nSPS) is 11.0. The van der Waals surface area contributed by atoms with Crippen molar-refractivity contribution in [1.82, 2.24) is 10.1 Å². The number of anilines is 1. The molecule has 2 rings (SSSR count). The van der Waals surface area contributed by atoms with E-state index in [4.69, 9.17) is 4.52 Å². The van der Waals surface area contributed by atoms with Gasteiger partial charge in [-0.15, -0.1) is 0 Å². The second kappa shape index (κ2) is 5.77. The van der Waals surface area contributed by atoms with Crippen molar-refractivity contribution in [1.29, 1.82) is 0 Å². The number of hydrogen-bond acceptors (Lipinski definition) is 4. The fourth-order valence-corrected chi connectivity index (χ4v) is 1.61. The van der Waals surface area contributed by atoms with Crippen molar-refractivity contribution >= 4 is 5.69 Å². The van der Waals surface area contributed by atoms with Crippen molar-refractivity contribution in [3.05, 3.63) is 41.5 Å². The maximum atomic E-state index is 13.4. The van der Waals surface area contributed by atoms with Crippen LogP contribution in [0.1, 0.15) is 25.6 Å². The molecule has 102 valence electrons. The summed E-state index contributed by atoms with van der Waals surface area (Å²) in [4.78, 5) is 4.16. The highest BCUT2D eigenvalue weighted by Crippen LogP contribution is 2.16. The molecule has 0 bridgehead atoms. The first kappa shape index (κ1) is 13.5. The molecule has 1 heterocycles. The minimum absolute atomic E-state index is 0.0728. The molecule has 0 aliphatic carbocycles. The predicted octanol–water partition coefficient (Wildman–Crippen LogP) is 3.16. The van der Waals surface area contributed by atoms with Crippen LogP contribution in [0.15, 0.2) is 22.7 Å². The zero-order chi connectivity index (χ0) is 13.8. The molecule has 6 heteroatoms. The van der Waals surface area contributed by atoms with Gasteiger partial charge in [-0.1, -0.05) is 19.0 Å². The van der Waals surface area contributed by atoms with Crippen molar-refractivity contribution in [3.63, 3.8) is 0 Å². The van der Waals surface area contributed by atoms with Crippen molar-refractivity contribution in [3.8, 4) is 0 Å². The molecule has 0 fully saturated rings. The van der Waals surface area contributed by atoms with E-state index >= 15 is 0 Å². The molecule has 0 saturated carbocycles. The van der Waals surface area contributed by atoms with E-state index in [0.29, 0.717) is 17.6 Å². The standard InChI is InChI=1S/C13H15F2N3O/c1-8(2)5-12-17-13(19-18-12)7-16-11-6-9(14)3-4-10(11)15/h3-4,6,8,16H,5,7H2,1-2H3. The van der Waals surface area contributed by atoms with Gasteiger partial charge in [0, 0.05) is 6.42 Å². The van der Waals surface area contributed by atoms with Gasteiger partial charge in [-0.3, -0.25) is 0 Å². The lowest BCUT2D eigenvalue weighted by atomic mass is 10.1. The summed E-state index contributed by atoms with van der Waals surface area (Å²) in [6, 6.07) is 3.21. The van der Waals surface area contributed by atoms with E-state index < -0.39 is 11.6 Å². The lowest BCUT2D eigenvalue weighted by Crippen LogP contribution is -2.03. The molecule has 0 radical (unpaired) electrons. The van der Waals surface area contributed by atoms with Gasteiger partial charge >= 0.3 is 0 Å². The third-order valence-corrected chi connectivity index (χ3v) is 2.46. The van der Waals surface area contributed by atoms with Crippen molar-refractivity contribution in [2.24, 2.45) is 5.92 Å². The summed E-state index contributed by atoms with van der Waals surface area (Å²) in [6.07, 6.45) is 0.720. The highest BCUT2D eigenvalue weighted by molar-refractivity contribution is 5.44. The minimum atomic E-state index is -0.525. The Bertz CT molecular complexity index is 555. The molecule has 0 unspecified atom stereocenters. The van der Waals surface area contributed by atoms with Gasteiger partial charge in [0.05, 0.1) is 12.2 Å². The van der Waals surface area contributed by atoms with Crippen molar-refractivity contribution < 1.29 is 13.3 Å². The third-order valence-electron chi connectivity index (χ3n) is 2.46. The Kier molecular flexibility index (Phi) is 4.09. The lowest BCUT2D eigenvalue weighted by Gasteiger charge is -2.04. The molecule has 0 amide bonds. The van der Waals surface area contributed by atoms with Gasteiger partial charge in [0.1, 0.15) is 11.6 Å². The summed E-state index contributed by atoms with van der Waals surface area (Å²) in [5, 5.41) is 6.54. The van der Waals surface area contributed by atoms with E-state index in [9.17, 15) is 8.78 Å². The van der Waals surface area contributed by atoms with Gasteiger partial charge in [-0.2, -0.15) is 4.98 Å². The number of nitrogens with zero attached hydrogens (tertiary/aromatic N) is 2. The Hall–Kier alpha value is -1.98. The Morgan fingerprint density at radius 2 is 2.11 bits per heavy atom. The van der Waals surface area contributed by atoms with Crippen LogP contribution in [0.3, 0.4) is 0 Å². The number of aromatic nitrogens is 2. The number of hydrogen-bond donors (Lipinski definition) is 1. The molecule has 0 aliphatic rings. The largest absolute Gasteiger partial charge is 0.374 e. The fraction of sp³-hybridized carbons (Fsp3) is 0.385. The number of benzene rings is 1. The molecule has 1 N–H and O–H groups in total. The van der Waals surface area contributed by atoms with Gasteiger partial charge in [0.2, 0.25) is 5.89 Å². The summed E-state index contributed by atoms with van der Waals surface area (Å²) < 4.78 is 31.3. The van der Waals surface area contributed by atoms with Crippen LogP contribution >= 0.6 is 0 Å². The highest BCUT2D eigenvalue weighted by Gasteiger charge is 2.09. The highest BCUT2D eigenvalue weighted by atomic mass is 19.1. The SMILES string of the molecule is CC(C)Cc1noc(CNc2cc(F)ccc2F)n1. The second-order valence-electron chi connectivity index (χ2n) is 4.68. The smallest absolute Gasteiger partial charge is 0.245 e. The minimum Gasteiger partial charge on any atom is -0.374 e. The molecule has 2 aromatic rings. The Morgan fingerprint density at radius 3 is 2.84 bits per heavy atom. The molecule has 1 aromatic carbocycles. The van der Waals surface area contributed by atoms with Crippen LogP contribution in [-0.2, 0) is 13.0 Å². The second-order valence-corrected chi connectivity index (χ2v) is 4.68. The van der Waals surface area contributed by atoms with Crippen molar-refractivity contribution in [2.75, 3.05) is 5.32 Å². The average molecular weight is 267 g/mol. The first-order valence-electron chi connectivity index (χ1n) is 6.05. The zero-order valence-electron chi connectivity index (χ0n) is 10.8. The van der Waals surface area contributed by atoms with Crippen LogP contribution in [0.5, 0.6) is 0 Å². The molecular formula is C13H15F2N3O. The summed E-state index contributed by atoms with van der Waals surface area (Å²) in [5.74, 6) is 0.364. The van der Waals surface area contributed by atoms with E-state index in [1.807, 2.05) is 0 Å². The van der Waals surface area contributed by atoms with Crippen LogP contribution in [0, 0.1) is 17.6 Å². The Morgan fingerprint density at radius 1 is 1.32 bits per heavy atom. The summed E-state index contributed by atoms with van der Waals surface area (Å²) in [7, 11) is 0. The number of halogens is 2. The maximum absolute atomic E-state index is 13.4. The molecule has 0 atom stereocenters. The molecule has 1 aromatic heterocycles. The first-order chi connectivity index (χ1) is 9.04.